The monoisotopic (exact) mass is 289 g/mol. The predicted molar refractivity (Wildman–Crippen MR) is 74.2 cm³/mol. The van der Waals surface area contributed by atoms with Gasteiger partial charge < -0.3 is 19.7 Å². The molecule has 0 aromatic carbocycles. The molecule has 1 fully saturated rings. The highest BCUT2D eigenvalue weighted by molar-refractivity contribution is 5.69. The number of carbonyl (C=O) groups is 1. The Morgan fingerprint density at radius 1 is 1.50 bits per heavy atom. The fourth-order valence-corrected chi connectivity index (χ4v) is 2.28. The van der Waals surface area contributed by atoms with Crippen LogP contribution in [-0.2, 0) is 9.47 Å². The Labute approximate surface area is 120 Å². The zero-order valence-electron chi connectivity index (χ0n) is 13.0. The van der Waals surface area contributed by atoms with Crippen molar-refractivity contribution in [2.45, 2.75) is 70.9 Å². The molecule has 1 amide bonds. The van der Waals surface area contributed by atoms with Gasteiger partial charge in [0.1, 0.15) is 11.3 Å². The molecule has 0 aliphatic carbocycles. The minimum absolute atomic E-state index is 0.0144. The first-order valence-electron chi connectivity index (χ1n) is 7.03. The highest BCUT2D eigenvalue weighted by Gasteiger charge is 2.48. The van der Waals surface area contributed by atoms with Crippen LogP contribution in [0.2, 0.25) is 0 Å². The molecule has 0 aromatic heterocycles. The van der Waals surface area contributed by atoms with Crippen LogP contribution in [0.5, 0.6) is 0 Å². The minimum atomic E-state index is -0.812. The van der Waals surface area contributed by atoms with Crippen molar-refractivity contribution >= 4 is 6.09 Å². The smallest absolute Gasteiger partial charge is 0.412 e. The van der Waals surface area contributed by atoms with E-state index in [0.29, 0.717) is 12.8 Å². The summed E-state index contributed by atoms with van der Waals surface area (Å²) in [4.78, 5) is 13.8. The maximum absolute atomic E-state index is 12.3. The summed E-state index contributed by atoms with van der Waals surface area (Å²) in [7, 11) is 0. The SMILES string of the molecule is CC(C)(C)OC(=O)N1C([C@H](O)CCCO)COC1(C)C. The number of aliphatic hydroxyl groups is 2. The van der Waals surface area contributed by atoms with Gasteiger partial charge in [-0.15, -0.1) is 0 Å². The Balaban J connectivity index is 2.82. The van der Waals surface area contributed by atoms with Crippen molar-refractivity contribution in [3.05, 3.63) is 0 Å². The first kappa shape index (κ1) is 17.2. The number of nitrogens with zero attached hydrogens (tertiary/aromatic N) is 1. The summed E-state index contributed by atoms with van der Waals surface area (Å²) in [6, 6.07) is -0.452. The van der Waals surface area contributed by atoms with E-state index >= 15 is 0 Å². The van der Waals surface area contributed by atoms with Crippen molar-refractivity contribution in [3.63, 3.8) is 0 Å². The Bertz CT molecular complexity index is 337. The summed E-state index contributed by atoms with van der Waals surface area (Å²) in [5.74, 6) is 0. The summed E-state index contributed by atoms with van der Waals surface area (Å²) >= 11 is 0. The Kier molecular flexibility index (Phi) is 5.40. The van der Waals surface area contributed by atoms with Crippen molar-refractivity contribution in [1.82, 2.24) is 4.90 Å². The van der Waals surface area contributed by atoms with Gasteiger partial charge in [-0.25, -0.2) is 4.79 Å². The molecule has 1 aliphatic rings. The molecule has 2 atom stereocenters. The third kappa shape index (κ3) is 4.33. The van der Waals surface area contributed by atoms with E-state index in [1.54, 1.807) is 34.6 Å². The zero-order chi connectivity index (χ0) is 15.6. The van der Waals surface area contributed by atoms with Gasteiger partial charge in [-0.1, -0.05) is 0 Å². The van der Waals surface area contributed by atoms with E-state index in [-0.39, 0.29) is 13.2 Å². The molecule has 6 nitrogen and oxygen atoms in total. The van der Waals surface area contributed by atoms with Gasteiger partial charge in [-0.05, 0) is 47.5 Å². The van der Waals surface area contributed by atoms with Gasteiger partial charge in [0.25, 0.3) is 0 Å². The lowest BCUT2D eigenvalue weighted by Gasteiger charge is -2.36. The lowest BCUT2D eigenvalue weighted by atomic mass is 10.1. The topological polar surface area (TPSA) is 79.2 Å². The Morgan fingerprint density at radius 3 is 2.60 bits per heavy atom. The number of aliphatic hydroxyl groups excluding tert-OH is 2. The second-order valence-electron chi connectivity index (χ2n) is 6.61. The third-order valence-electron chi connectivity index (χ3n) is 3.21. The highest BCUT2D eigenvalue weighted by Crippen LogP contribution is 2.31. The van der Waals surface area contributed by atoms with Crippen LogP contribution in [0.3, 0.4) is 0 Å². The van der Waals surface area contributed by atoms with Gasteiger partial charge in [-0.3, -0.25) is 4.90 Å². The molecule has 20 heavy (non-hydrogen) atoms. The molecule has 1 saturated heterocycles. The van der Waals surface area contributed by atoms with E-state index in [1.807, 2.05) is 0 Å². The average molecular weight is 289 g/mol. The van der Waals surface area contributed by atoms with Gasteiger partial charge in [0.15, 0.2) is 0 Å². The van der Waals surface area contributed by atoms with Crippen molar-refractivity contribution in [1.29, 1.82) is 0 Å². The molecule has 1 heterocycles. The first-order chi connectivity index (χ1) is 9.08. The van der Waals surface area contributed by atoms with E-state index in [4.69, 9.17) is 14.6 Å². The molecule has 0 radical (unpaired) electrons. The van der Waals surface area contributed by atoms with E-state index in [1.165, 1.54) is 4.90 Å². The van der Waals surface area contributed by atoms with Gasteiger partial charge in [0.05, 0.1) is 18.8 Å². The minimum Gasteiger partial charge on any atom is -0.444 e. The van der Waals surface area contributed by atoms with Crippen LogP contribution in [0.4, 0.5) is 4.79 Å². The quantitative estimate of drug-likeness (QED) is 0.819. The van der Waals surface area contributed by atoms with E-state index < -0.39 is 29.6 Å². The number of ether oxygens (including phenoxy) is 2. The number of rotatable bonds is 4. The van der Waals surface area contributed by atoms with Gasteiger partial charge in [0.2, 0.25) is 0 Å². The molecule has 0 bridgehead atoms. The van der Waals surface area contributed by atoms with Crippen molar-refractivity contribution in [3.8, 4) is 0 Å². The van der Waals surface area contributed by atoms with Crippen LogP contribution < -0.4 is 0 Å². The van der Waals surface area contributed by atoms with Crippen molar-refractivity contribution in [2.75, 3.05) is 13.2 Å². The molecule has 1 aliphatic heterocycles. The molecular formula is C14H27NO5. The number of hydrogen-bond donors (Lipinski definition) is 2. The van der Waals surface area contributed by atoms with Crippen LogP contribution in [0.1, 0.15) is 47.5 Å². The number of carbonyl (C=O) groups excluding carboxylic acids is 1. The van der Waals surface area contributed by atoms with Crippen LogP contribution in [0.15, 0.2) is 0 Å². The fraction of sp³-hybridized carbons (Fsp3) is 0.929. The second kappa shape index (κ2) is 6.28. The summed E-state index contributed by atoms with van der Waals surface area (Å²) < 4.78 is 11.0. The van der Waals surface area contributed by atoms with Gasteiger partial charge >= 0.3 is 6.09 Å². The van der Waals surface area contributed by atoms with E-state index in [9.17, 15) is 9.90 Å². The third-order valence-corrected chi connectivity index (χ3v) is 3.21. The summed E-state index contributed by atoms with van der Waals surface area (Å²) in [5, 5.41) is 19.0. The molecule has 0 aromatic rings. The summed E-state index contributed by atoms with van der Waals surface area (Å²) in [6.45, 7) is 9.22. The molecule has 118 valence electrons. The summed E-state index contributed by atoms with van der Waals surface area (Å²) in [6.07, 6.45) is -0.329. The van der Waals surface area contributed by atoms with Gasteiger partial charge in [0, 0.05) is 6.61 Å². The average Bonchev–Trinajstić information content (AvgIpc) is 2.59. The second-order valence-corrected chi connectivity index (χ2v) is 6.61. The lowest BCUT2D eigenvalue weighted by molar-refractivity contribution is -0.0682. The predicted octanol–water partition coefficient (Wildman–Crippen LogP) is 1.49. The Morgan fingerprint density at radius 2 is 2.10 bits per heavy atom. The number of hydrogen-bond acceptors (Lipinski definition) is 5. The van der Waals surface area contributed by atoms with Crippen LogP contribution in [-0.4, -0.2) is 57.9 Å². The normalized spacial score (nSPS) is 23.8. The van der Waals surface area contributed by atoms with Crippen molar-refractivity contribution in [2.24, 2.45) is 0 Å². The first-order valence-corrected chi connectivity index (χ1v) is 7.03. The zero-order valence-corrected chi connectivity index (χ0v) is 13.0. The van der Waals surface area contributed by atoms with Gasteiger partial charge in [-0.2, -0.15) is 0 Å². The van der Waals surface area contributed by atoms with E-state index in [0.717, 1.165) is 0 Å². The fourth-order valence-electron chi connectivity index (χ4n) is 2.28. The largest absolute Gasteiger partial charge is 0.444 e. The molecule has 0 spiro atoms. The molecule has 2 N–H and O–H groups in total. The maximum atomic E-state index is 12.3. The highest BCUT2D eigenvalue weighted by atomic mass is 16.6. The molecule has 6 heteroatoms. The molecular weight excluding hydrogens is 262 g/mol. The maximum Gasteiger partial charge on any atom is 0.412 e. The van der Waals surface area contributed by atoms with Crippen LogP contribution >= 0.6 is 0 Å². The molecule has 0 saturated carbocycles. The standard InChI is InChI=1S/C14H27NO5/c1-13(2,3)20-12(18)15-10(9-19-14(15,4)5)11(17)7-6-8-16/h10-11,16-17H,6-9H2,1-5H3/t10?,11-/m1/s1. The lowest BCUT2D eigenvalue weighted by Crippen LogP contribution is -2.53. The van der Waals surface area contributed by atoms with Crippen molar-refractivity contribution < 1.29 is 24.5 Å². The van der Waals surface area contributed by atoms with Crippen LogP contribution in [0, 0.1) is 0 Å². The van der Waals surface area contributed by atoms with Crippen LogP contribution in [0.25, 0.3) is 0 Å². The summed E-state index contributed by atoms with van der Waals surface area (Å²) in [5.41, 5.74) is -1.41. The van der Waals surface area contributed by atoms with E-state index in [2.05, 4.69) is 0 Å². The molecule has 1 unspecified atom stereocenters. The molecule has 1 rings (SSSR count). The Hall–Kier alpha value is -0.850. The number of amides is 1.